The number of benzene rings is 1. The molecule has 1 aromatic heterocycles. The Balaban J connectivity index is 1.98. The van der Waals surface area contributed by atoms with Gasteiger partial charge in [-0.3, -0.25) is 4.98 Å². The summed E-state index contributed by atoms with van der Waals surface area (Å²) in [5.74, 6) is 7.41. The van der Waals surface area contributed by atoms with Crippen molar-refractivity contribution in [3.05, 3.63) is 59.9 Å². The van der Waals surface area contributed by atoms with Gasteiger partial charge in [0.15, 0.2) is 0 Å². The fourth-order valence-electron chi connectivity index (χ4n) is 1.52. The summed E-state index contributed by atoms with van der Waals surface area (Å²) < 4.78 is 5.68. The lowest BCUT2D eigenvalue weighted by Crippen LogP contribution is -1.97. The molecule has 0 saturated heterocycles. The van der Waals surface area contributed by atoms with Crippen LogP contribution in [0.2, 0.25) is 0 Å². The van der Waals surface area contributed by atoms with Gasteiger partial charge in [0.25, 0.3) is 0 Å². The zero-order valence-corrected chi connectivity index (χ0v) is 11.2. The molecule has 1 aromatic carbocycles. The lowest BCUT2D eigenvalue weighted by molar-refractivity contribution is 0.301. The molecular formula is C16H14ClNO. The van der Waals surface area contributed by atoms with Gasteiger partial charge in [0.1, 0.15) is 12.4 Å². The van der Waals surface area contributed by atoms with E-state index < -0.39 is 0 Å². The minimum absolute atomic E-state index is 0.458. The highest BCUT2D eigenvalue weighted by atomic mass is 35.5. The van der Waals surface area contributed by atoms with E-state index in [4.69, 9.17) is 16.3 Å². The number of ether oxygens (including phenoxy) is 1. The maximum Gasteiger partial charge on any atom is 0.130 e. The summed E-state index contributed by atoms with van der Waals surface area (Å²) in [6, 6.07) is 13.5. The number of rotatable bonds is 4. The van der Waals surface area contributed by atoms with Crippen molar-refractivity contribution in [3.63, 3.8) is 0 Å². The fraction of sp³-hybridized carbons (Fsp3) is 0.188. The molecule has 2 aromatic rings. The zero-order valence-electron chi connectivity index (χ0n) is 10.5. The maximum absolute atomic E-state index is 5.68. The van der Waals surface area contributed by atoms with Crippen molar-refractivity contribution in [1.82, 2.24) is 4.98 Å². The fourth-order valence-corrected chi connectivity index (χ4v) is 1.61. The van der Waals surface area contributed by atoms with Crippen LogP contribution in [0.25, 0.3) is 0 Å². The highest BCUT2D eigenvalue weighted by molar-refractivity contribution is 6.18. The number of aromatic nitrogens is 1. The molecule has 0 radical (unpaired) electrons. The number of hydrogen-bond donors (Lipinski definition) is 0. The third kappa shape index (κ3) is 4.65. The summed E-state index contributed by atoms with van der Waals surface area (Å²) in [6.07, 6.45) is 2.45. The van der Waals surface area contributed by atoms with Crippen LogP contribution in [0, 0.1) is 11.8 Å². The Morgan fingerprint density at radius 1 is 1.16 bits per heavy atom. The van der Waals surface area contributed by atoms with Crippen molar-refractivity contribution in [2.75, 3.05) is 5.88 Å². The standard InChI is InChI=1S/C16H14ClNO/c17-10-3-1-6-14-7-5-9-16(12-14)19-13-15-8-2-4-11-18-15/h2,4-5,7-9,11-12H,3,10,13H2. The van der Waals surface area contributed by atoms with E-state index in [-0.39, 0.29) is 0 Å². The Hall–Kier alpha value is -1.98. The van der Waals surface area contributed by atoms with E-state index in [0.717, 1.165) is 17.0 Å². The lowest BCUT2D eigenvalue weighted by atomic mass is 10.2. The number of alkyl halides is 1. The van der Waals surface area contributed by atoms with Crippen LogP contribution >= 0.6 is 11.6 Å². The molecular weight excluding hydrogens is 258 g/mol. The molecule has 0 amide bonds. The summed E-state index contributed by atoms with van der Waals surface area (Å²) in [5.41, 5.74) is 1.84. The maximum atomic E-state index is 5.68. The van der Waals surface area contributed by atoms with Gasteiger partial charge in [-0.1, -0.05) is 24.0 Å². The Morgan fingerprint density at radius 3 is 2.89 bits per heavy atom. The Labute approximate surface area is 118 Å². The van der Waals surface area contributed by atoms with Gasteiger partial charge in [-0.25, -0.2) is 0 Å². The summed E-state index contributed by atoms with van der Waals surface area (Å²) in [7, 11) is 0. The van der Waals surface area contributed by atoms with Crippen LogP contribution in [0.15, 0.2) is 48.7 Å². The normalized spacial score (nSPS) is 9.53. The first kappa shape index (κ1) is 13.5. The van der Waals surface area contributed by atoms with Crippen LogP contribution in [-0.4, -0.2) is 10.9 Å². The lowest BCUT2D eigenvalue weighted by Gasteiger charge is -2.05. The molecule has 0 aliphatic heterocycles. The van der Waals surface area contributed by atoms with Crippen LogP contribution in [0.3, 0.4) is 0 Å². The molecule has 0 aliphatic rings. The average molecular weight is 272 g/mol. The van der Waals surface area contributed by atoms with Gasteiger partial charge in [0.2, 0.25) is 0 Å². The molecule has 0 saturated carbocycles. The van der Waals surface area contributed by atoms with Gasteiger partial charge < -0.3 is 4.74 Å². The minimum Gasteiger partial charge on any atom is -0.487 e. The Morgan fingerprint density at radius 2 is 2.11 bits per heavy atom. The van der Waals surface area contributed by atoms with Crippen LogP contribution in [-0.2, 0) is 6.61 Å². The first-order valence-corrected chi connectivity index (χ1v) is 6.59. The van der Waals surface area contributed by atoms with Crippen molar-refractivity contribution in [1.29, 1.82) is 0 Å². The monoisotopic (exact) mass is 271 g/mol. The number of halogens is 1. The quantitative estimate of drug-likeness (QED) is 0.626. The molecule has 3 heteroatoms. The molecule has 0 aliphatic carbocycles. The van der Waals surface area contributed by atoms with E-state index in [0.29, 0.717) is 18.9 Å². The third-order valence-electron chi connectivity index (χ3n) is 2.40. The first-order chi connectivity index (χ1) is 9.38. The van der Waals surface area contributed by atoms with Crippen LogP contribution in [0.5, 0.6) is 5.75 Å². The predicted octanol–water partition coefficient (Wildman–Crippen LogP) is 3.64. The van der Waals surface area contributed by atoms with Crippen molar-refractivity contribution in [2.24, 2.45) is 0 Å². The van der Waals surface area contributed by atoms with Crippen molar-refractivity contribution >= 4 is 11.6 Å². The highest BCUT2D eigenvalue weighted by Crippen LogP contribution is 2.14. The molecule has 0 atom stereocenters. The van der Waals surface area contributed by atoms with Gasteiger partial charge in [-0.05, 0) is 30.3 Å². The molecule has 0 spiro atoms. The molecule has 0 bridgehead atoms. The number of hydrogen-bond acceptors (Lipinski definition) is 2. The van der Waals surface area contributed by atoms with Gasteiger partial charge in [0.05, 0.1) is 5.69 Å². The van der Waals surface area contributed by atoms with Gasteiger partial charge in [-0.15, -0.1) is 11.6 Å². The number of nitrogens with zero attached hydrogens (tertiary/aromatic N) is 1. The van der Waals surface area contributed by atoms with Crippen LogP contribution < -0.4 is 4.74 Å². The average Bonchev–Trinajstić information content (AvgIpc) is 2.47. The number of pyridine rings is 1. The summed E-state index contributed by atoms with van der Waals surface area (Å²) in [4.78, 5) is 4.21. The molecule has 0 fully saturated rings. The summed E-state index contributed by atoms with van der Waals surface area (Å²) in [5, 5.41) is 0. The SMILES string of the molecule is ClCCC#Cc1cccc(OCc2ccccn2)c1. The van der Waals surface area contributed by atoms with E-state index >= 15 is 0 Å². The molecule has 0 unspecified atom stereocenters. The molecule has 2 nitrogen and oxygen atoms in total. The summed E-state index contributed by atoms with van der Waals surface area (Å²) >= 11 is 5.58. The van der Waals surface area contributed by atoms with E-state index in [1.54, 1.807) is 6.20 Å². The molecule has 0 N–H and O–H groups in total. The van der Waals surface area contributed by atoms with Gasteiger partial charge >= 0.3 is 0 Å². The van der Waals surface area contributed by atoms with E-state index in [1.165, 1.54) is 0 Å². The third-order valence-corrected chi connectivity index (χ3v) is 2.59. The smallest absolute Gasteiger partial charge is 0.130 e. The zero-order chi connectivity index (χ0) is 13.3. The van der Waals surface area contributed by atoms with Gasteiger partial charge in [-0.2, -0.15) is 0 Å². The van der Waals surface area contributed by atoms with E-state index in [2.05, 4.69) is 16.8 Å². The van der Waals surface area contributed by atoms with Crippen LogP contribution in [0.4, 0.5) is 0 Å². The van der Waals surface area contributed by atoms with Crippen LogP contribution in [0.1, 0.15) is 17.7 Å². The highest BCUT2D eigenvalue weighted by Gasteiger charge is 1.97. The van der Waals surface area contributed by atoms with E-state index in [9.17, 15) is 0 Å². The van der Waals surface area contributed by atoms with Crippen molar-refractivity contribution in [2.45, 2.75) is 13.0 Å². The first-order valence-electron chi connectivity index (χ1n) is 6.06. The summed E-state index contributed by atoms with van der Waals surface area (Å²) in [6.45, 7) is 0.458. The molecule has 1 heterocycles. The van der Waals surface area contributed by atoms with E-state index in [1.807, 2.05) is 42.5 Å². The second-order valence-corrected chi connectivity index (χ2v) is 4.26. The largest absolute Gasteiger partial charge is 0.487 e. The van der Waals surface area contributed by atoms with Crippen molar-refractivity contribution < 1.29 is 4.74 Å². The topological polar surface area (TPSA) is 22.1 Å². The second kappa shape index (κ2) is 7.45. The molecule has 96 valence electrons. The van der Waals surface area contributed by atoms with Gasteiger partial charge in [0, 0.05) is 24.1 Å². The minimum atomic E-state index is 0.458. The predicted molar refractivity (Wildman–Crippen MR) is 77.2 cm³/mol. The molecule has 2 rings (SSSR count). The molecule has 19 heavy (non-hydrogen) atoms. The Bertz CT molecular complexity index is 572. The second-order valence-electron chi connectivity index (χ2n) is 3.88. The van der Waals surface area contributed by atoms with Crippen molar-refractivity contribution in [3.8, 4) is 17.6 Å². The Kier molecular flexibility index (Phi) is 5.28.